The minimum absolute atomic E-state index is 0.0795. The maximum atomic E-state index is 12.7. The second kappa shape index (κ2) is 9.82. The van der Waals surface area contributed by atoms with Crippen molar-refractivity contribution in [3.8, 4) is 16.3 Å². The molecule has 1 aromatic heterocycles. The first-order valence-electron chi connectivity index (χ1n) is 8.81. The standard InChI is InChI=1S/C16H23ClN3O6PS2/c1-3-16(4-2,27(21,22)23)20-29(24,25)15-19-18-14(28-15)12-6-8-13(9-7-12)26-11-5-10-17/h6-9,20H,3-5,10-11H2,1-2H3,(H2,21,22,23). The van der Waals surface area contributed by atoms with Crippen molar-refractivity contribution in [3.63, 3.8) is 0 Å². The molecule has 0 saturated carbocycles. The largest absolute Gasteiger partial charge is 0.494 e. The third kappa shape index (κ3) is 5.75. The van der Waals surface area contributed by atoms with E-state index in [-0.39, 0.29) is 17.2 Å². The zero-order valence-electron chi connectivity index (χ0n) is 15.9. The molecule has 162 valence electrons. The lowest BCUT2D eigenvalue weighted by Gasteiger charge is -2.32. The first-order chi connectivity index (χ1) is 13.6. The van der Waals surface area contributed by atoms with Crippen molar-refractivity contribution >= 4 is 40.6 Å². The van der Waals surface area contributed by atoms with Gasteiger partial charge in [-0.05, 0) is 43.5 Å². The number of hydrogen-bond acceptors (Lipinski definition) is 7. The molecule has 3 N–H and O–H groups in total. The minimum atomic E-state index is -4.75. The van der Waals surface area contributed by atoms with Crippen molar-refractivity contribution in [1.82, 2.24) is 14.9 Å². The van der Waals surface area contributed by atoms with E-state index >= 15 is 0 Å². The quantitative estimate of drug-likeness (QED) is 0.251. The highest BCUT2D eigenvalue weighted by molar-refractivity contribution is 7.91. The molecule has 0 aliphatic carbocycles. The Kier molecular flexibility index (Phi) is 8.20. The van der Waals surface area contributed by atoms with E-state index in [0.29, 0.717) is 28.8 Å². The van der Waals surface area contributed by atoms with Gasteiger partial charge >= 0.3 is 7.60 Å². The monoisotopic (exact) mass is 483 g/mol. The molecule has 0 fully saturated rings. The van der Waals surface area contributed by atoms with Crippen molar-refractivity contribution < 1.29 is 27.5 Å². The van der Waals surface area contributed by atoms with Gasteiger partial charge in [0.25, 0.3) is 10.0 Å². The summed E-state index contributed by atoms with van der Waals surface area (Å²) in [5.41, 5.74) is 0.640. The van der Waals surface area contributed by atoms with Gasteiger partial charge in [-0.15, -0.1) is 21.8 Å². The molecule has 0 amide bonds. The first kappa shape index (κ1) is 24.2. The highest BCUT2D eigenvalue weighted by atomic mass is 35.5. The molecule has 0 saturated heterocycles. The van der Waals surface area contributed by atoms with Crippen molar-refractivity contribution in [1.29, 1.82) is 0 Å². The van der Waals surface area contributed by atoms with Crippen LogP contribution in [0.4, 0.5) is 0 Å². The van der Waals surface area contributed by atoms with Gasteiger partial charge < -0.3 is 14.5 Å². The van der Waals surface area contributed by atoms with Crippen LogP contribution in [0.25, 0.3) is 10.6 Å². The van der Waals surface area contributed by atoms with Gasteiger partial charge in [0.2, 0.25) is 4.34 Å². The number of hydrogen-bond donors (Lipinski definition) is 3. The SMILES string of the molecule is CCC(CC)(NS(=O)(=O)c1nnc(-c2ccc(OCCCCl)cc2)s1)P(=O)(O)O. The van der Waals surface area contributed by atoms with E-state index in [2.05, 4.69) is 14.9 Å². The molecule has 0 aliphatic rings. The van der Waals surface area contributed by atoms with E-state index in [0.717, 1.165) is 17.8 Å². The lowest BCUT2D eigenvalue weighted by molar-refractivity contribution is 0.304. The van der Waals surface area contributed by atoms with Crippen molar-refractivity contribution in [2.24, 2.45) is 0 Å². The topological polar surface area (TPSA) is 139 Å². The summed E-state index contributed by atoms with van der Waals surface area (Å²) in [5.74, 6) is 1.16. The molecule has 9 nitrogen and oxygen atoms in total. The summed E-state index contributed by atoms with van der Waals surface area (Å²) < 4.78 is 44.6. The Balaban J connectivity index is 2.23. The summed E-state index contributed by atoms with van der Waals surface area (Å²) in [6.07, 6.45) is 0.563. The van der Waals surface area contributed by atoms with E-state index < -0.39 is 22.9 Å². The van der Waals surface area contributed by atoms with Crippen molar-refractivity contribution in [2.45, 2.75) is 42.7 Å². The van der Waals surface area contributed by atoms with Crippen LogP contribution in [0.2, 0.25) is 0 Å². The van der Waals surface area contributed by atoms with Crippen LogP contribution in [0, 0.1) is 0 Å². The summed E-state index contributed by atoms with van der Waals surface area (Å²) in [6, 6.07) is 6.89. The van der Waals surface area contributed by atoms with Gasteiger partial charge in [0.05, 0.1) is 6.61 Å². The van der Waals surface area contributed by atoms with Gasteiger partial charge in [0.15, 0.2) is 0 Å². The van der Waals surface area contributed by atoms with Gasteiger partial charge in [-0.25, -0.2) is 8.42 Å². The van der Waals surface area contributed by atoms with Crippen LogP contribution in [0.3, 0.4) is 0 Å². The molecule has 1 heterocycles. The molecular formula is C16H23ClN3O6PS2. The Morgan fingerprint density at radius 2 is 1.83 bits per heavy atom. The average molecular weight is 484 g/mol. The van der Waals surface area contributed by atoms with Crippen LogP contribution in [0.5, 0.6) is 5.75 Å². The molecule has 1 aromatic carbocycles. The van der Waals surface area contributed by atoms with E-state index in [4.69, 9.17) is 16.3 Å². The fourth-order valence-corrected chi connectivity index (χ4v) is 6.71. The van der Waals surface area contributed by atoms with Crippen LogP contribution < -0.4 is 9.46 Å². The Hall–Kier alpha value is -1.07. The van der Waals surface area contributed by atoms with Crippen molar-refractivity contribution in [2.75, 3.05) is 12.5 Å². The number of sulfonamides is 1. The summed E-state index contributed by atoms with van der Waals surface area (Å²) in [7, 11) is -9.02. The van der Waals surface area contributed by atoms with Crippen LogP contribution in [0.15, 0.2) is 28.6 Å². The second-order valence-electron chi connectivity index (χ2n) is 6.18. The number of benzene rings is 1. The van der Waals surface area contributed by atoms with E-state index in [1.54, 1.807) is 24.3 Å². The normalized spacial score (nSPS) is 12.9. The highest BCUT2D eigenvalue weighted by Gasteiger charge is 2.47. The Labute approximate surface area is 178 Å². The first-order valence-corrected chi connectivity index (χ1v) is 13.3. The number of nitrogens with zero attached hydrogens (tertiary/aromatic N) is 2. The van der Waals surface area contributed by atoms with E-state index in [1.165, 1.54) is 13.8 Å². The third-order valence-electron chi connectivity index (χ3n) is 4.34. The van der Waals surface area contributed by atoms with E-state index in [1.807, 2.05) is 0 Å². The van der Waals surface area contributed by atoms with Crippen LogP contribution in [-0.2, 0) is 14.6 Å². The summed E-state index contributed by atoms with van der Waals surface area (Å²) in [6.45, 7) is 3.51. The molecule has 0 spiro atoms. The van der Waals surface area contributed by atoms with Crippen LogP contribution in [-0.4, -0.2) is 46.2 Å². The number of rotatable bonds is 11. The lowest BCUT2D eigenvalue weighted by Crippen LogP contribution is -2.47. The van der Waals surface area contributed by atoms with Gasteiger partial charge in [0.1, 0.15) is 16.0 Å². The molecule has 0 unspecified atom stereocenters. The highest BCUT2D eigenvalue weighted by Crippen LogP contribution is 2.53. The summed E-state index contributed by atoms with van der Waals surface area (Å²) >= 11 is 6.41. The maximum Gasteiger partial charge on any atom is 0.346 e. The molecule has 0 bridgehead atoms. The van der Waals surface area contributed by atoms with Crippen molar-refractivity contribution in [3.05, 3.63) is 24.3 Å². The summed E-state index contributed by atoms with van der Waals surface area (Å²) in [5, 5.41) is 6.06. The minimum Gasteiger partial charge on any atom is -0.494 e. The third-order valence-corrected chi connectivity index (χ3v) is 9.49. The van der Waals surface area contributed by atoms with Crippen LogP contribution in [0.1, 0.15) is 33.1 Å². The zero-order valence-corrected chi connectivity index (χ0v) is 19.2. The number of nitrogens with one attached hydrogen (secondary N) is 1. The number of alkyl halides is 1. The van der Waals surface area contributed by atoms with E-state index in [9.17, 15) is 22.8 Å². The van der Waals surface area contributed by atoms with Gasteiger partial charge in [0, 0.05) is 11.4 Å². The fraction of sp³-hybridized carbons (Fsp3) is 0.500. The number of ether oxygens (including phenoxy) is 1. The molecule has 13 heteroatoms. The zero-order chi connectivity index (χ0) is 21.7. The molecule has 0 radical (unpaired) electrons. The predicted molar refractivity (Wildman–Crippen MR) is 112 cm³/mol. The number of halogens is 1. The maximum absolute atomic E-state index is 12.7. The fourth-order valence-electron chi connectivity index (χ4n) is 2.53. The average Bonchev–Trinajstić information content (AvgIpc) is 3.17. The smallest absolute Gasteiger partial charge is 0.346 e. The molecule has 0 atom stereocenters. The Bertz CT molecular complexity index is 957. The Morgan fingerprint density at radius 3 is 2.34 bits per heavy atom. The molecule has 0 aliphatic heterocycles. The predicted octanol–water partition coefficient (Wildman–Crippen LogP) is 3.19. The second-order valence-corrected chi connectivity index (χ2v) is 11.3. The van der Waals surface area contributed by atoms with Crippen LogP contribution >= 0.6 is 30.5 Å². The number of aromatic nitrogens is 2. The molecular weight excluding hydrogens is 461 g/mol. The summed E-state index contributed by atoms with van der Waals surface area (Å²) in [4.78, 5) is 19.3. The molecule has 29 heavy (non-hydrogen) atoms. The Morgan fingerprint density at radius 1 is 1.21 bits per heavy atom. The van der Waals surface area contributed by atoms with Gasteiger partial charge in [-0.1, -0.05) is 25.2 Å². The lowest BCUT2D eigenvalue weighted by atomic mass is 10.2. The molecule has 2 rings (SSSR count). The van der Waals surface area contributed by atoms with Gasteiger partial charge in [-0.3, -0.25) is 4.57 Å². The molecule has 2 aromatic rings. The van der Waals surface area contributed by atoms with Gasteiger partial charge in [-0.2, -0.15) is 4.72 Å².